The number of nitrogens with one attached hydrogen (secondary N) is 1. The van der Waals surface area contributed by atoms with E-state index in [1.165, 1.54) is 12.0 Å². The summed E-state index contributed by atoms with van der Waals surface area (Å²) < 4.78 is 5.52. The van der Waals surface area contributed by atoms with Gasteiger partial charge in [0.25, 0.3) is 0 Å². The van der Waals surface area contributed by atoms with Crippen LogP contribution in [0.25, 0.3) is 0 Å². The molecule has 1 aliphatic heterocycles. The van der Waals surface area contributed by atoms with Crippen molar-refractivity contribution in [3.63, 3.8) is 0 Å². The number of allylic oxidation sites excluding steroid dienone is 1. The first-order valence-corrected chi connectivity index (χ1v) is 5.96. The van der Waals surface area contributed by atoms with Gasteiger partial charge in [0.1, 0.15) is 6.10 Å². The van der Waals surface area contributed by atoms with Crippen molar-refractivity contribution in [1.82, 2.24) is 5.32 Å². The zero-order chi connectivity index (χ0) is 11.1. The second kappa shape index (κ2) is 6.67. The van der Waals surface area contributed by atoms with E-state index in [-0.39, 0.29) is 6.10 Å². The summed E-state index contributed by atoms with van der Waals surface area (Å²) in [6, 6.07) is 0.458. The number of hydrogen-bond acceptors (Lipinski definition) is 2. The number of rotatable bonds is 5. The molecule has 0 aromatic rings. The van der Waals surface area contributed by atoms with E-state index in [1.54, 1.807) is 0 Å². The minimum atomic E-state index is 0.279. The lowest BCUT2D eigenvalue weighted by Crippen LogP contribution is -2.28. The largest absolute Gasteiger partial charge is 0.494 e. The summed E-state index contributed by atoms with van der Waals surface area (Å²) in [7, 11) is 0. The third-order valence-corrected chi connectivity index (χ3v) is 2.80. The summed E-state index contributed by atoms with van der Waals surface area (Å²) in [5, 5.41) is 3.48. The molecule has 0 bridgehead atoms. The van der Waals surface area contributed by atoms with E-state index < -0.39 is 0 Å². The van der Waals surface area contributed by atoms with Gasteiger partial charge >= 0.3 is 0 Å². The Balaban J connectivity index is 2.39. The second-order valence-corrected chi connectivity index (χ2v) is 4.21. The summed E-state index contributed by atoms with van der Waals surface area (Å²) in [5.74, 6) is 0. The molecule has 2 unspecified atom stereocenters. The maximum atomic E-state index is 5.52. The van der Waals surface area contributed by atoms with Gasteiger partial charge < -0.3 is 10.1 Å². The van der Waals surface area contributed by atoms with Crippen LogP contribution >= 0.6 is 0 Å². The molecule has 0 saturated carbocycles. The normalized spacial score (nSPS) is 23.7. The topological polar surface area (TPSA) is 21.3 Å². The minimum absolute atomic E-state index is 0.279. The van der Waals surface area contributed by atoms with Crippen LogP contribution < -0.4 is 5.32 Å². The lowest BCUT2D eigenvalue weighted by atomic mass is 10.0. The number of hydrogen-bond donors (Lipinski definition) is 1. The predicted molar refractivity (Wildman–Crippen MR) is 64.8 cm³/mol. The zero-order valence-electron chi connectivity index (χ0n) is 10.1. The van der Waals surface area contributed by atoms with E-state index >= 15 is 0 Å². The van der Waals surface area contributed by atoms with Crippen LogP contribution in [-0.2, 0) is 4.74 Å². The van der Waals surface area contributed by atoms with Gasteiger partial charge in [0.2, 0.25) is 0 Å². The van der Waals surface area contributed by atoms with Gasteiger partial charge in [-0.2, -0.15) is 0 Å². The van der Waals surface area contributed by atoms with Crippen molar-refractivity contribution in [3.05, 3.63) is 24.0 Å². The highest BCUT2D eigenvalue weighted by atomic mass is 16.5. The minimum Gasteiger partial charge on any atom is -0.494 e. The quantitative estimate of drug-likeness (QED) is 0.703. The van der Waals surface area contributed by atoms with Crippen LogP contribution in [0.1, 0.15) is 40.0 Å². The van der Waals surface area contributed by atoms with Crippen LogP contribution in [0.3, 0.4) is 0 Å². The zero-order valence-corrected chi connectivity index (χ0v) is 10.1. The van der Waals surface area contributed by atoms with E-state index in [2.05, 4.69) is 38.2 Å². The van der Waals surface area contributed by atoms with Crippen LogP contribution in [0.15, 0.2) is 24.0 Å². The van der Waals surface area contributed by atoms with Gasteiger partial charge in [-0.1, -0.05) is 12.5 Å². The molecule has 0 aliphatic carbocycles. The molecule has 0 saturated heterocycles. The van der Waals surface area contributed by atoms with Gasteiger partial charge in [0.15, 0.2) is 0 Å². The van der Waals surface area contributed by atoms with Crippen molar-refractivity contribution in [2.45, 2.75) is 52.2 Å². The molecule has 2 atom stereocenters. The van der Waals surface area contributed by atoms with Gasteiger partial charge in [-0.3, -0.25) is 0 Å². The molecule has 2 nitrogen and oxygen atoms in total. The Morgan fingerprint density at radius 3 is 3.07 bits per heavy atom. The molecular weight excluding hydrogens is 186 g/mol. The smallest absolute Gasteiger partial charge is 0.117 e. The molecule has 1 rings (SSSR count). The summed E-state index contributed by atoms with van der Waals surface area (Å²) in [6.45, 7) is 7.65. The van der Waals surface area contributed by atoms with Crippen molar-refractivity contribution in [3.8, 4) is 0 Å². The third kappa shape index (κ3) is 4.52. The highest BCUT2D eigenvalue weighted by Crippen LogP contribution is 2.14. The SMILES string of the molecule is CCCNC(C)/C(C)=C/C1CCC=CO1. The van der Waals surface area contributed by atoms with Crippen molar-refractivity contribution >= 4 is 0 Å². The average Bonchev–Trinajstić information content (AvgIpc) is 2.27. The fraction of sp³-hybridized carbons (Fsp3) is 0.692. The lowest BCUT2D eigenvalue weighted by Gasteiger charge is -2.19. The first-order chi connectivity index (χ1) is 7.24. The summed E-state index contributed by atoms with van der Waals surface area (Å²) in [5.41, 5.74) is 1.38. The molecule has 1 N–H and O–H groups in total. The molecular formula is C13H23NO. The van der Waals surface area contributed by atoms with Crippen LogP contribution in [0.5, 0.6) is 0 Å². The lowest BCUT2D eigenvalue weighted by molar-refractivity contribution is 0.164. The van der Waals surface area contributed by atoms with Crippen LogP contribution in [0, 0.1) is 0 Å². The molecule has 0 fully saturated rings. The summed E-state index contributed by atoms with van der Waals surface area (Å²) in [6.07, 6.45) is 9.85. The second-order valence-electron chi connectivity index (χ2n) is 4.21. The summed E-state index contributed by atoms with van der Waals surface area (Å²) in [4.78, 5) is 0. The molecule has 0 amide bonds. The molecule has 0 aromatic carbocycles. The first-order valence-electron chi connectivity index (χ1n) is 5.96. The molecule has 1 aliphatic rings. The van der Waals surface area contributed by atoms with E-state index in [0.717, 1.165) is 19.4 Å². The fourth-order valence-corrected chi connectivity index (χ4v) is 1.64. The van der Waals surface area contributed by atoms with Crippen molar-refractivity contribution in [2.75, 3.05) is 6.54 Å². The van der Waals surface area contributed by atoms with E-state index in [9.17, 15) is 0 Å². The molecule has 2 heteroatoms. The maximum absolute atomic E-state index is 5.52. The van der Waals surface area contributed by atoms with Crippen LogP contribution in [0.4, 0.5) is 0 Å². The van der Waals surface area contributed by atoms with Gasteiger partial charge in [-0.05, 0) is 51.8 Å². The van der Waals surface area contributed by atoms with Gasteiger partial charge in [0, 0.05) is 6.04 Å². The average molecular weight is 209 g/mol. The Morgan fingerprint density at radius 1 is 1.67 bits per heavy atom. The Kier molecular flexibility index (Phi) is 5.48. The fourth-order valence-electron chi connectivity index (χ4n) is 1.64. The van der Waals surface area contributed by atoms with Gasteiger partial charge in [-0.15, -0.1) is 0 Å². The van der Waals surface area contributed by atoms with Crippen LogP contribution in [-0.4, -0.2) is 18.7 Å². The molecule has 86 valence electrons. The Labute approximate surface area is 93.4 Å². The molecule has 0 aromatic heterocycles. The van der Waals surface area contributed by atoms with Crippen molar-refractivity contribution in [1.29, 1.82) is 0 Å². The molecule has 0 spiro atoms. The van der Waals surface area contributed by atoms with E-state index in [1.807, 2.05) is 6.26 Å². The number of ether oxygens (including phenoxy) is 1. The van der Waals surface area contributed by atoms with Crippen molar-refractivity contribution < 1.29 is 4.74 Å². The Hall–Kier alpha value is -0.760. The highest BCUT2D eigenvalue weighted by Gasteiger charge is 2.10. The first kappa shape index (κ1) is 12.3. The van der Waals surface area contributed by atoms with Gasteiger partial charge in [0.05, 0.1) is 6.26 Å². The van der Waals surface area contributed by atoms with Crippen molar-refractivity contribution in [2.24, 2.45) is 0 Å². The molecule has 0 radical (unpaired) electrons. The standard InChI is InChI=1S/C13H23NO/c1-4-8-14-12(3)11(2)10-13-7-5-6-9-15-13/h6,9-10,12-14H,4-5,7-8H2,1-3H3/b11-10+. The summed E-state index contributed by atoms with van der Waals surface area (Å²) >= 11 is 0. The molecule has 1 heterocycles. The Bertz CT molecular complexity index is 233. The Morgan fingerprint density at radius 2 is 2.47 bits per heavy atom. The molecule has 15 heavy (non-hydrogen) atoms. The third-order valence-electron chi connectivity index (χ3n) is 2.80. The van der Waals surface area contributed by atoms with Gasteiger partial charge in [-0.25, -0.2) is 0 Å². The van der Waals surface area contributed by atoms with E-state index in [0.29, 0.717) is 6.04 Å². The predicted octanol–water partition coefficient (Wildman–Crippen LogP) is 3.01. The highest BCUT2D eigenvalue weighted by molar-refractivity contribution is 5.10. The maximum Gasteiger partial charge on any atom is 0.117 e. The van der Waals surface area contributed by atoms with Crippen LogP contribution in [0.2, 0.25) is 0 Å². The monoisotopic (exact) mass is 209 g/mol. The van der Waals surface area contributed by atoms with E-state index in [4.69, 9.17) is 4.74 Å².